The fraction of sp³-hybridized carbons (Fsp3) is 0.421. The van der Waals surface area contributed by atoms with Crippen LogP contribution in [0.2, 0.25) is 0 Å². The predicted molar refractivity (Wildman–Crippen MR) is 85.8 cm³/mol. The monoisotopic (exact) mass is 329 g/mol. The third kappa shape index (κ3) is 2.84. The SMILES string of the molecule is O=C(NC1(c2cccc(F)c2)CCOCC1)[C@@H]1C[C@H]1c1ccco1. The summed E-state index contributed by atoms with van der Waals surface area (Å²) in [5, 5.41) is 3.20. The number of nitrogens with one attached hydrogen (secondary N) is 1. The van der Waals surface area contributed by atoms with Crippen molar-refractivity contribution in [2.45, 2.75) is 30.7 Å². The van der Waals surface area contributed by atoms with Crippen LogP contribution in [0.25, 0.3) is 0 Å². The van der Waals surface area contributed by atoms with Gasteiger partial charge in [-0.2, -0.15) is 0 Å². The second kappa shape index (κ2) is 6.06. The van der Waals surface area contributed by atoms with Crippen LogP contribution in [0.15, 0.2) is 47.1 Å². The topological polar surface area (TPSA) is 51.5 Å². The van der Waals surface area contributed by atoms with Crippen LogP contribution in [0, 0.1) is 11.7 Å². The fourth-order valence-electron chi connectivity index (χ4n) is 3.62. The molecule has 1 amide bonds. The molecule has 2 fully saturated rings. The molecule has 5 heteroatoms. The molecular formula is C19H20FNO3. The van der Waals surface area contributed by atoms with E-state index in [-0.39, 0.29) is 23.6 Å². The highest BCUT2D eigenvalue weighted by molar-refractivity contribution is 5.83. The molecule has 0 spiro atoms. The highest BCUT2D eigenvalue weighted by Gasteiger charge is 2.48. The van der Waals surface area contributed by atoms with Crippen molar-refractivity contribution in [1.82, 2.24) is 5.32 Å². The standard InChI is InChI=1S/C19H20FNO3/c20-14-4-1-3-13(11-14)19(6-9-23-10-7-19)21-18(22)16-12-15(16)17-5-2-8-24-17/h1-5,8,11,15-16H,6-7,9-10,12H2,(H,21,22)/t15-,16-/m1/s1. The Kier molecular flexibility index (Phi) is 3.88. The molecule has 1 saturated carbocycles. The van der Waals surface area contributed by atoms with E-state index in [0.29, 0.717) is 26.1 Å². The van der Waals surface area contributed by atoms with Gasteiger partial charge in [-0.3, -0.25) is 4.79 Å². The zero-order chi connectivity index (χ0) is 16.6. The van der Waals surface area contributed by atoms with E-state index in [0.717, 1.165) is 17.7 Å². The maximum atomic E-state index is 13.7. The number of rotatable bonds is 4. The molecule has 1 aliphatic carbocycles. The van der Waals surface area contributed by atoms with Crippen molar-refractivity contribution in [3.8, 4) is 0 Å². The first-order valence-corrected chi connectivity index (χ1v) is 8.37. The average molecular weight is 329 g/mol. The Labute approximate surface area is 140 Å². The molecule has 0 unspecified atom stereocenters. The number of furan rings is 1. The second-order valence-corrected chi connectivity index (χ2v) is 6.66. The van der Waals surface area contributed by atoms with Gasteiger partial charge in [-0.15, -0.1) is 0 Å². The van der Waals surface area contributed by atoms with E-state index < -0.39 is 5.54 Å². The molecule has 1 aromatic heterocycles. The molecule has 1 aliphatic heterocycles. The van der Waals surface area contributed by atoms with Gasteiger partial charge in [0.05, 0.1) is 11.8 Å². The Morgan fingerprint density at radius 3 is 2.75 bits per heavy atom. The van der Waals surface area contributed by atoms with Gasteiger partial charge in [0.1, 0.15) is 11.6 Å². The lowest BCUT2D eigenvalue weighted by Crippen LogP contribution is -2.50. The molecule has 2 heterocycles. The number of hydrogen-bond acceptors (Lipinski definition) is 3. The van der Waals surface area contributed by atoms with E-state index in [2.05, 4.69) is 5.32 Å². The highest BCUT2D eigenvalue weighted by atomic mass is 19.1. The summed E-state index contributed by atoms with van der Waals surface area (Å²) in [6.45, 7) is 1.12. The van der Waals surface area contributed by atoms with Gasteiger partial charge in [0.15, 0.2) is 0 Å². The van der Waals surface area contributed by atoms with Crippen LogP contribution in [0.4, 0.5) is 4.39 Å². The molecule has 0 radical (unpaired) electrons. The molecule has 24 heavy (non-hydrogen) atoms. The molecule has 4 rings (SSSR count). The first-order valence-electron chi connectivity index (χ1n) is 8.37. The molecule has 2 atom stereocenters. The molecule has 2 aliphatic rings. The first-order chi connectivity index (χ1) is 11.7. The summed E-state index contributed by atoms with van der Waals surface area (Å²) in [6, 6.07) is 10.3. The molecule has 1 aromatic carbocycles. The van der Waals surface area contributed by atoms with Gasteiger partial charge in [-0.25, -0.2) is 4.39 Å². The van der Waals surface area contributed by atoms with Crippen molar-refractivity contribution in [1.29, 1.82) is 0 Å². The first kappa shape index (κ1) is 15.4. The lowest BCUT2D eigenvalue weighted by Gasteiger charge is -2.38. The van der Waals surface area contributed by atoms with Gasteiger partial charge in [0.2, 0.25) is 5.91 Å². The normalized spacial score (nSPS) is 25.2. The highest BCUT2D eigenvalue weighted by Crippen LogP contribution is 2.48. The number of ether oxygens (including phenoxy) is 1. The molecule has 0 bridgehead atoms. The Bertz CT molecular complexity index is 722. The summed E-state index contributed by atoms with van der Waals surface area (Å²) in [6.07, 6.45) is 3.74. The van der Waals surface area contributed by atoms with Crippen molar-refractivity contribution in [3.63, 3.8) is 0 Å². The van der Waals surface area contributed by atoms with Crippen LogP contribution in [0.1, 0.15) is 36.5 Å². The summed E-state index contributed by atoms with van der Waals surface area (Å²) in [5.74, 6) is 0.686. The van der Waals surface area contributed by atoms with Crippen molar-refractivity contribution in [2.75, 3.05) is 13.2 Å². The molecule has 126 valence electrons. The quantitative estimate of drug-likeness (QED) is 0.936. The van der Waals surface area contributed by atoms with Gasteiger partial charge >= 0.3 is 0 Å². The minimum atomic E-state index is -0.548. The molecule has 1 N–H and O–H groups in total. The number of halogens is 1. The van der Waals surface area contributed by atoms with Gasteiger partial charge in [-0.1, -0.05) is 12.1 Å². The van der Waals surface area contributed by atoms with E-state index >= 15 is 0 Å². The van der Waals surface area contributed by atoms with E-state index in [4.69, 9.17) is 9.15 Å². The van der Waals surface area contributed by atoms with Crippen LogP contribution in [0.5, 0.6) is 0 Å². The van der Waals surface area contributed by atoms with E-state index in [9.17, 15) is 9.18 Å². The summed E-state index contributed by atoms with van der Waals surface area (Å²) < 4.78 is 24.5. The Hall–Kier alpha value is -2.14. The minimum absolute atomic E-state index is 0.0163. The molecule has 4 nitrogen and oxygen atoms in total. The third-order valence-corrected chi connectivity index (χ3v) is 5.12. The van der Waals surface area contributed by atoms with Crippen LogP contribution >= 0.6 is 0 Å². The Morgan fingerprint density at radius 1 is 1.21 bits per heavy atom. The fourth-order valence-corrected chi connectivity index (χ4v) is 3.62. The number of hydrogen-bond donors (Lipinski definition) is 1. The van der Waals surface area contributed by atoms with Crippen LogP contribution in [0.3, 0.4) is 0 Å². The van der Waals surface area contributed by atoms with Crippen LogP contribution in [-0.4, -0.2) is 19.1 Å². The summed E-state index contributed by atoms with van der Waals surface area (Å²) in [4.78, 5) is 12.8. The largest absolute Gasteiger partial charge is 0.469 e. The second-order valence-electron chi connectivity index (χ2n) is 6.66. The number of carbonyl (C=O) groups is 1. The van der Waals surface area contributed by atoms with Gasteiger partial charge < -0.3 is 14.5 Å². The third-order valence-electron chi connectivity index (χ3n) is 5.12. The Balaban J connectivity index is 1.53. The zero-order valence-corrected chi connectivity index (χ0v) is 13.3. The molecule has 1 saturated heterocycles. The van der Waals surface area contributed by atoms with Gasteiger partial charge in [0.25, 0.3) is 0 Å². The maximum absolute atomic E-state index is 13.7. The summed E-state index contributed by atoms with van der Waals surface area (Å²) in [5.41, 5.74) is 0.266. The minimum Gasteiger partial charge on any atom is -0.469 e. The zero-order valence-electron chi connectivity index (χ0n) is 13.3. The van der Waals surface area contributed by atoms with Crippen molar-refractivity contribution in [3.05, 3.63) is 59.8 Å². The lowest BCUT2D eigenvalue weighted by atomic mass is 9.82. The Morgan fingerprint density at radius 2 is 2.04 bits per heavy atom. The van der Waals surface area contributed by atoms with Crippen LogP contribution in [-0.2, 0) is 15.1 Å². The predicted octanol–water partition coefficient (Wildman–Crippen LogP) is 3.34. The summed E-state index contributed by atoms with van der Waals surface area (Å²) >= 11 is 0. The smallest absolute Gasteiger partial charge is 0.224 e. The average Bonchev–Trinajstić information content (AvgIpc) is 3.21. The van der Waals surface area contributed by atoms with Crippen molar-refractivity contribution >= 4 is 5.91 Å². The van der Waals surface area contributed by atoms with E-state index in [1.807, 2.05) is 18.2 Å². The molecular weight excluding hydrogens is 309 g/mol. The van der Waals surface area contributed by atoms with E-state index in [1.54, 1.807) is 12.3 Å². The van der Waals surface area contributed by atoms with Gasteiger partial charge in [-0.05, 0) is 49.1 Å². The van der Waals surface area contributed by atoms with Crippen molar-refractivity contribution in [2.24, 2.45) is 5.92 Å². The number of amides is 1. The van der Waals surface area contributed by atoms with E-state index in [1.165, 1.54) is 12.1 Å². The van der Waals surface area contributed by atoms with Crippen LogP contribution < -0.4 is 5.32 Å². The summed E-state index contributed by atoms with van der Waals surface area (Å²) in [7, 11) is 0. The maximum Gasteiger partial charge on any atom is 0.224 e. The molecule has 2 aromatic rings. The van der Waals surface area contributed by atoms with Gasteiger partial charge in [0, 0.05) is 25.0 Å². The number of benzene rings is 1. The lowest BCUT2D eigenvalue weighted by molar-refractivity contribution is -0.126. The van der Waals surface area contributed by atoms with Crippen molar-refractivity contribution < 1.29 is 18.3 Å². The number of carbonyl (C=O) groups excluding carboxylic acids is 1.